The number of para-hydroxylation sites is 2. The van der Waals surface area contributed by atoms with Crippen molar-refractivity contribution < 1.29 is 4.74 Å². The van der Waals surface area contributed by atoms with Crippen LogP contribution in [0.25, 0.3) is 104 Å². The molecule has 406 valence electrons. The Bertz CT molecular complexity index is 4790. The van der Waals surface area contributed by atoms with Gasteiger partial charge in [0, 0.05) is 51.1 Å². The second-order valence-corrected chi connectivity index (χ2v) is 25.7. The number of fused-ring (bicyclic) bond motifs is 10. The largest absolute Gasteiger partial charge is 0.457 e. The summed E-state index contributed by atoms with van der Waals surface area (Å²) in [7, 11) is 0. The van der Waals surface area contributed by atoms with Crippen LogP contribution in [0.4, 0.5) is 11.4 Å². The Labute approximate surface area is 487 Å². The summed E-state index contributed by atoms with van der Waals surface area (Å²) in [5.41, 5.74) is 17.6. The molecule has 0 bridgehead atoms. The number of benzene rings is 10. The van der Waals surface area contributed by atoms with Gasteiger partial charge in [0.15, 0.2) is 0 Å². The van der Waals surface area contributed by atoms with Gasteiger partial charge < -0.3 is 14.2 Å². The fraction of sp³-hybridized carbons (Fsp3) is 0.167. The van der Waals surface area contributed by atoms with E-state index in [2.05, 4.69) is 307 Å². The number of hydrogen-bond donors (Lipinski definition) is 0. The van der Waals surface area contributed by atoms with Gasteiger partial charge in [-0.25, -0.2) is 4.98 Å². The highest BCUT2D eigenvalue weighted by Crippen LogP contribution is 2.47. The van der Waals surface area contributed by atoms with E-state index in [0.717, 1.165) is 45.1 Å². The van der Waals surface area contributed by atoms with Crippen molar-refractivity contribution in [1.29, 1.82) is 0 Å². The number of nitrogens with zero attached hydrogens (tertiary/aromatic N) is 4. The molecule has 0 radical (unpaired) electrons. The zero-order valence-electron chi connectivity index (χ0n) is 48.9. The van der Waals surface area contributed by atoms with Crippen molar-refractivity contribution >= 4 is 76.5 Å². The number of pyridine rings is 1. The molecule has 0 aliphatic carbocycles. The van der Waals surface area contributed by atoms with Gasteiger partial charge in [-0.05, 0) is 143 Å². The molecular formula is C78H68N4O. The van der Waals surface area contributed by atoms with E-state index in [4.69, 9.17) is 9.72 Å². The van der Waals surface area contributed by atoms with E-state index in [1.807, 2.05) is 6.20 Å². The van der Waals surface area contributed by atoms with Crippen molar-refractivity contribution in [2.24, 2.45) is 0 Å². The molecule has 4 heterocycles. The molecule has 0 spiro atoms. The lowest BCUT2D eigenvalue weighted by atomic mass is 9.82. The van der Waals surface area contributed by atoms with Gasteiger partial charge in [0.1, 0.15) is 24.0 Å². The summed E-state index contributed by atoms with van der Waals surface area (Å²) in [6.45, 7) is 21.2. The van der Waals surface area contributed by atoms with Crippen LogP contribution in [0.1, 0.15) is 79.0 Å². The lowest BCUT2D eigenvalue weighted by Crippen LogP contribution is -2.15. The summed E-state index contributed by atoms with van der Waals surface area (Å²) in [6.07, 6.45) is 1.94. The molecule has 0 amide bonds. The molecule has 0 fully saturated rings. The minimum atomic E-state index is -0.103. The Morgan fingerprint density at radius 3 is 1.65 bits per heavy atom. The van der Waals surface area contributed by atoms with Gasteiger partial charge in [-0.2, -0.15) is 0 Å². The fourth-order valence-corrected chi connectivity index (χ4v) is 12.7. The van der Waals surface area contributed by atoms with Gasteiger partial charge in [0.25, 0.3) is 0 Å². The van der Waals surface area contributed by atoms with Crippen LogP contribution < -0.4 is 9.64 Å². The number of aromatic nitrogens is 3. The summed E-state index contributed by atoms with van der Waals surface area (Å²) >= 11 is 0. The first kappa shape index (κ1) is 51.7. The van der Waals surface area contributed by atoms with Crippen molar-refractivity contribution in [3.05, 3.63) is 253 Å². The average Bonchev–Trinajstić information content (AvgIpc) is 4.26. The molecule has 83 heavy (non-hydrogen) atoms. The van der Waals surface area contributed by atoms with Crippen LogP contribution >= 0.6 is 0 Å². The van der Waals surface area contributed by atoms with Gasteiger partial charge in [0.05, 0.1) is 27.8 Å². The first-order valence-electron chi connectivity index (χ1n) is 29.2. The smallest absolute Gasteiger partial charge is 0.137 e. The zero-order chi connectivity index (χ0) is 56.9. The van der Waals surface area contributed by atoms with E-state index in [1.54, 1.807) is 0 Å². The van der Waals surface area contributed by atoms with E-state index < -0.39 is 0 Å². The van der Waals surface area contributed by atoms with Crippen LogP contribution in [0.2, 0.25) is 0 Å². The lowest BCUT2D eigenvalue weighted by Gasteiger charge is -2.23. The molecule has 1 aliphatic heterocycles. The van der Waals surface area contributed by atoms with Gasteiger partial charge in [-0.1, -0.05) is 220 Å². The molecule has 1 aliphatic rings. The Hall–Kier alpha value is -9.45. The summed E-state index contributed by atoms with van der Waals surface area (Å²) in [5.74, 6) is 2.38. The predicted octanol–water partition coefficient (Wildman–Crippen LogP) is 21.5. The monoisotopic (exact) mass is 1080 g/mol. The maximum atomic E-state index is 7.03. The minimum Gasteiger partial charge on any atom is -0.457 e. The molecule has 14 rings (SSSR count). The zero-order valence-corrected chi connectivity index (χ0v) is 48.9. The van der Waals surface area contributed by atoms with Gasteiger partial charge in [-0.15, -0.1) is 0 Å². The van der Waals surface area contributed by atoms with Gasteiger partial charge >= 0.3 is 0 Å². The van der Waals surface area contributed by atoms with Gasteiger partial charge in [0.2, 0.25) is 0 Å². The van der Waals surface area contributed by atoms with Crippen LogP contribution in [0.15, 0.2) is 237 Å². The molecule has 0 atom stereocenters. The van der Waals surface area contributed by atoms with Crippen LogP contribution in [-0.2, 0) is 22.9 Å². The quantitative estimate of drug-likeness (QED) is 0.160. The van der Waals surface area contributed by atoms with Crippen LogP contribution in [0.3, 0.4) is 0 Å². The normalized spacial score (nSPS) is 12.8. The summed E-state index contributed by atoms with van der Waals surface area (Å²) in [6, 6.07) is 85.1. The third kappa shape index (κ3) is 9.16. The Kier molecular flexibility index (Phi) is 12.2. The van der Waals surface area contributed by atoms with Crippen molar-refractivity contribution in [1.82, 2.24) is 14.1 Å². The third-order valence-electron chi connectivity index (χ3n) is 17.1. The predicted molar refractivity (Wildman–Crippen MR) is 352 cm³/mol. The molecule has 0 N–H and O–H groups in total. The van der Waals surface area contributed by atoms with Crippen LogP contribution in [0.5, 0.6) is 11.5 Å². The Balaban J connectivity index is 0.943. The maximum absolute atomic E-state index is 7.03. The van der Waals surface area contributed by atoms with Crippen molar-refractivity contribution in [2.45, 2.75) is 85.2 Å². The highest BCUT2D eigenvalue weighted by atomic mass is 16.5. The van der Waals surface area contributed by atoms with Crippen molar-refractivity contribution in [3.63, 3.8) is 0 Å². The molecule has 0 saturated heterocycles. The van der Waals surface area contributed by atoms with Crippen molar-refractivity contribution in [3.8, 4) is 50.7 Å². The molecule has 10 aromatic carbocycles. The van der Waals surface area contributed by atoms with Crippen LogP contribution in [0, 0.1) is 0 Å². The average molecular weight is 1080 g/mol. The number of rotatable bonds is 7. The Morgan fingerprint density at radius 2 is 0.952 bits per heavy atom. The summed E-state index contributed by atoms with van der Waals surface area (Å²) in [5, 5.41) is 9.52. The molecule has 5 nitrogen and oxygen atoms in total. The standard InChI is InChI=1S/C78H68N4O/c1-76(2,3)55-35-32-51(33-36-55)53-42-54(44-57(43-53)78(7,8)9)61-28-18-29-67-64-26-15-13-24-62(64)63-25-14-16-27-65(63)68-30-19-31-71-75(68)81(74(61)67)49-80(71)58-22-17-23-59(47-58)83-60-37-38-66-69-45-52(50-20-11-10-12-21-50)34-39-70(69)82(72(66)48-60)73-46-56(40-41-79-73)77(4,5)6/h10-48H,49H2,1-9H3. The summed E-state index contributed by atoms with van der Waals surface area (Å²) < 4.78 is 11.9. The van der Waals surface area contributed by atoms with E-state index in [9.17, 15) is 0 Å². The van der Waals surface area contributed by atoms with Crippen LogP contribution in [-0.4, -0.2) is 14.1 Å². The second kappa shape index (κ2) is 19.6. The number of anilines is 2. The molecule has 5 heteroatoms. The molecular weight excluding hydrogens is 1010 g/mol. The highest BCUT2D eigenvalue weighted by molar-refractivity contribution is 6.22. The van der Waals surface area contributed by atoms with E-state index in [-0.39, 0.29) is 16.2 Å². The highest BCUT2D eigenvalue weighted by Gasteiger charge is 2.27. The minimum absolute atomic E-state index is 0.0520. The lowest BCUT2D eigenvalue weighted by molar-refractivity contribution is 0.483. The second-order valence-electron chi connectivity index (χ2n) is 25.7. The Morgan fingerprint density at radius 1 is 0.361 bits per heavy atom. The molecule has 0 unspecified atom stereocenters. The SMILES string of the molecule is CC(C)(C)c1ccc(-c2cc(-c3cccc4c5ccccc5c5ccccc5c5cccc6c5n(c34)CN6c3cccc(Oc4ccc5c6cc(-c7ccccc7)ccc6n(-c6cc(C(C)(C)C)ccn6)c5c4)c3)cc(C(C)(C)C)c2)cc1. The van der Waals surface area contributed by atoms with Gasteiger partial charge in [-0.3, -0.25) is 4.57 Å². The first-order valence-corrected chi connectivity index (χ1v) is 29.2. The number of ether oxygens (including phenoxy) is 1. The topological polar surface area (TPSA) is 35.2 Å². The molecule has 13 aromatic rings. The molecule has 3 aromatic heterocycles. The fourth-order valence-electron chi connectivity index (χ4n) is 12.7. The number of hydrogen-bond acceptors (Lipinski definition) is 3. The molecule has 0 saturated carbocycles. The third-order valence-corrected chi connectivity index (χ3v) is 17.1. The van der Waals surface area contributed by atoms with E-state index >= 15 is 0 Å². The van der Waals surface area contributed by atoms with E-state index in [1.165, 1.54) is 98.8 Å². The van der Waals surface area contributed by atoms with E-state index in [0.29, 0.717) is 6.67 Å². The van der Waals surface area contributed by atoms with Crippen molar-refractivity contribution in [2.75, 3.05) is 4.90 Å². The first-order chi connectivity index (χ1) is 40.0. The summed E-state index contributed by atoms with van der Waals surface area (Å²) in [4.78, 5) is 7.48. The maximum Gasteiger partial charge on any atom is 0.137 e.